The molecule has 0 heterocycles. The van der Waals surface area contributed by atoms with E-state index in [9.17, 15) is 14.0 Å². The number of nitrogens with one attached hydrogen (secondary N) is 1. The van der Waals surface area contributed by atoms with Gasteiger partial charge in [-0.2, -0.15) is 0 Å². The van der Waals surface area contributed by atoms with E-state index in [1.807, 2.05) is 18.2 Å². The number of carbonyl (C=O) groups excluding carboxylic acids is 2. The van der Waals surface area contributed by atoms with Crippen LogP contribution in [-0.2, 0) is 9.53 Å². The van der Waals surface area contributed by atoms with Crippen LogP contribution in [0.25, 0.3) is 0 Å². The van der Waals surface area contributed by atoms with Gasteiger partial charge in [0.2, 0.25) is 0 Å². The van der Waals surface area contributed by atoms with Crippen molar-refractivity contribution in [1.29, 1.82) is 0 Å². The summed E-state index contributed by atoms with van der Waals surface area (Å²) in [6.45, 7) is 2.11. The fraction of sp³-hybridized carbons (Fsp3) is 0.158. The lowest BCUT2D eigenvalue weighted by atomic mass is 10.2. The molecule has 130 valence electrons. The zero-order chi connectivity index (χ0) is 18.1. The van der Waals surface area contributed by atoms with Gasteiger partial charge in [0.05, 0.1) is 6.61 Å². The number of hydrogen-bond donors (Lipinski definition) is 1. The number of ether oxygens (including phenoxy) is 1. The normalized spacial score (nSPS) is 10.6. The first-order valence-corrected chi connectivity index (χ1v) is 8.70. The molecule has 0 bridgehead atoms. The van der Waals surface area contributed by atoms with Gasteiger partial charge < -0.3 is 10.1 Å². The SMILES string of the molecule is CCOC(=O)/C=C/CSc1cccc(NC(=O)c2ccc(F)cc2)c1. The van der Waals surface area contributed by atoms with Gasteiger partial charge in [0.15, 0.2) is 0 Å². The molecule has 0 unspecified atom stereocenters. The van der Waals surface area contributed by atoms with E-state index in [1.54, 1.807) is 19.1 Å². The minimum absolute atomic E-state index is 0.302. The van der Waals surface area contributed by atoms with Crippen molar-refractivity contribution in [1.82, 2.24) is 0 Å². The van der Waals surface area contributed by atoms with Crippen LogP contribution in [0.2, 0.25) is 0 Å². The van der Waals surface area contributed by atoms with Crippen LogP contribution in [0, 0.1) is 5.82 Å². The van der Waals surface area contributed by atoms with Crippen molar-refractivity contribution in [2.75, 3.05) is 17.7 Å². The van der Waals surface area contributed by atoms with Gasteiger partial charge >= 0.3 is 5.97 Å². The Morgan fingerprint density at radius 3 is 2.68 bits per heavy atom. The number of benzene rings is 2. The first kappa shape index (κ1) is 18.7. The predicted octanol–water partition coefficient (Wildman–Crippen LogP) is 4.29. The third-order valence-corrected chi connectivity index (χ3v) is 4.03. The van der Waals surface area contributed by atoms with Crippen LogP contribution < -0.4 is 5.32 Å². The molecule has 0 radical (unpaired) electrons. The Labute approximate surface area is 150 Å². The number of esters is 1. The van der Waals surface area contributed by atoms with Crippen molar-refractivity contribution < 1.29 is 18.7 Å². The van der Waals surface area contributed by atoms with Crippen LogP contribution in [0.5, 0.6) is 0 Å². The zero-order valence-corrected chi connectivity index (χ0v) is 14.5. The number of thioether (sulfide) groups is 1. The van der Waals surface area contributed by atoms with Crippen LogP contribution in [0.3, 0.4) is 0 Å². The van der Waals surface area contributed by atoms with Crippen molar-refractivity contribution in [2.24, 2.45) is 0 Å². The van der Waals surface area contributed by atoms with E-state index >= 15 is 0 Å². The Hall–Kier alpha value is -2.60. The van der Waals surface area contributed by atoms with E-state index in [4.69, 9.17) is 4.74 Å². The summed E-state index contributed by atoms with van der Waals surface area (Å²) < 4.78 is 17.7. The van der Waals surface area contributed by atoms with Crippen molar-refractivity contribution in [3.8, 4) is 0 Å². The van der Waals surface area contributed by atoms with Gasteiger partial charge in [0.1, 0.15) is 5.82 Å². The number of anilines is 1. The molecule has 0 spiro atoms. The number of carbonyl (C=O) groups is 2. The fourth-order valence-electron chi connectivity index (χ4n) is 1.95. The molecule has 4 nitrogen and oxygen atoms in total. The summed E-state index contributed by atoms with van der Waals surface area (Å²) >= 11 is 1.52. The fourth-order valence-corrected chi connectivity index (χ4v) is 2.72. The number of amides is 1. The van der Waals surface area contributed by atoms with Gasteiger partial charge in [-0.25, -0.2) is 9.18 Å². The van der Waals surface area contributed by atoms with Crippen molar-refractivity contribution >= 4 is 29.3 Å². The Morgan fingerprint density at radius 2 is 1.96 bits per heavy atom. The van der Waals surface area contributed by atoms with Gasteiger partial charge in [-0.3, -0.25) is 4.79 Å². The minimum Gasteiger partial charge on any atom is -0.463 e. The molecule has 2 rings (SSSR count). The van der Waals surface area contributed by atoms with E-state index in [0.29, 0.717) is 23.6 Å². The predicted molar refractivity (Wildman–Crippen MR) is 97.3 cm³/mol. The second-order valence-corrected chi connectivity index (χ2v) is 6.05. The van der Waals surface area contributed by atoms with Crippen LogP contribution in [0.4, 0.5) is 10.1 Å². The minimum atomic E-state index is -0.383. The van der Waals surface area contributed by atoms with Gasteiger partial charge in [0, 0.05) is 28.0 Å². The maximum Gasteiger partial charge on any atom is 0.330 e. The molecule has 0 saturated heterocycles. The highest BCUT2D eigenvalue weighted by Gasteiger charge is 2.06. The second kappa shape index (κ2) is 9.64. The van der Waals surface area contributed by atoms with E-state index in [-0.39, 0.29) is 17.7 Å². The largest absolute Gasteiger partial charge is 0.463 e. The van der Waals surface area contributed by atoms with Crippen LogP contribution >= 0.6 is 11.8 Å². The Kier molecular flexibility index (Phi) is 7.22. The highest BCUT2D eigenvalue weighted by atomic mass is 32.2. The van der Waals surface area contributed by atoms with Gasteiger partial charge in [0.25, 0.3) is 5.91 Å². The molecule has 0 fully saturated rings. The molecule has 0 aliphatic rings. The lowest BCUT2D eigenvalue weighted by Crippen LogP contribution is -2.11. The summed E-state index contributed by atoms with van der Waals surface area (Å²) in [4.78, 5) is 24.3. The second-order valence-electron chi connectivity index (χ2n) is 4.95. The molecule has 0 aromatic heterocycles. The lowest BCUT2D eigenvalue weighted by Gasteiger charge is -2.07. The summed E-state index contributed by atoms with van der Waals surface area (Å²) in [5.41, 5.74) is 1.03. The quantitative estimate of drug-likeness (QED) is 0.455. The monoisotopic (exact) mass is 359 g/mol. The van der Waals surface area contributed by atoms with Gasteiger partial charge in [-0.05, 0) is 49.4 Å². The van der Waals surface area contributed by atoms with E-state index < -0.39 is 0 Å². The molecule has 2 aromatic carbocycles. The molecular formula is C19H18FNO3S. The zero-order valence-electron chi connectivity index (χ0n) is 13.7. The summed E-state index contributed by atoms with van der Waals surface area (Å²) in [6, 6.07) is 12.7. The number of hydrogen-bond acceptors (Lipinski definition) is 4. The maximum atomic E-state index is 12.9. The van der Waals surface area contributed by atoms with Gasteiger partial charge in [-0.1, -0.05) is 12.1 Å². The Bertz CT molecular complexity index is 760. The third kappa shape index (κ3) is 6.43. The molecule has 25 heavy (non-hydrogen) atoms. The first-order valence-electron chi connectivity index (χ1n) is 7.71. The van der Waals surface area contributed by atoms with Crippen molar-refractivity contribution in [2.45, 2.75) is 11.8 Å². The topological polar surface area (TPSA) is 55.4 Å². The first-order chi connectivity index (χ1) is 12.1. The Balaban J connectivity index is 1.91. The number of halogens is 1. The molecule has 6 heteroatoms. The van der Waals surface area contributed by atoms with Crippen LogP contribution in [0.15, 0.2) is 65.6 Å². The standard InChI is InChI=1S/C19H18FNO3S/c1-2-24-18(22)7-4-12-25-17-6-3-5-16(13-17)21-19(23)14-8-10-15(20)11-9-14/h3-11,13H,2,12H2,1H3,(H,21,23)/b7-4+. The molecule has 0 atom stereocenters. The van der Waals surface area contributed by atoms with Crippen molar-refractivity contribution in [3.63, 3.8) is 0 Å². The Morgan fingerprint density at radius 1 is 1.20 bits per heavy atom. The molecule has 0 aliphatic carbocycles. The maximum absolute atomic E-state index is 12.9. The van der Waals surface area contributed by atoms with Crippen LogP contribution in [0.1, 0.15) is 17.3 Å². The van der Waals surface area contributed by atoms with Crippen molar-refractivity contribution in [3.05, 3.63) is 72.1 Å². The van der Waals surface area contributed by atoms with E-state index in [0.717, 1.165) is 4.90 Å². The average molecular weight is 359 g/mol. The smallest absolute Gasteiger partial charge is 0.330 e. The average Bonchev–Trinajstić information content (AvgIpc) is 2.60. The molecule has 0 aliphatic heterocycles. The molecular weight excluding hydrogens is 341 g/mol. The van der Waals surface area contributed by atoms with E-state index in [2.05, 4.69) is 5.32 Å². The number of rotatable bonds is 7. The highest BCUT2D eigenvalue weighted by molar-refractivity contribution is 7.99. The lowest BCUT2D eigenvalue weighted by molar-refractivity contribution is -0.137. The molecule has 1 amide bonds. The summed E-state index contributed by atoms with van der Waals surface area (Å²) in [7, 11) is 0. The summed E-state index contributed by atoms with van der Waals surface area (Å²) in [6.07, 6.45) is 3.13. The summed E-state index contributed by atoms with van der Waals surface area (Å²) in [5.74, 6) is -0.438. The third-order valence-electron chi connectivity index (χ3n) is 3.09. The molecule has 1 N–H and O–H groups in total. The van der Waals surface area contributed by atoms with E-state index in [1.165, 1.54) is 42.1 Å². The molecule has 0 saturated carbocycles. The van der Waals surface area contributed by atoms with Gasteiger partial charge in [-0.15, -0.1) is 11.8 Å². The van der Waals surface area contributed by atoms with Crippen LogP contribution in [-0.4, -0.2) is 24.2 Å². The highest BCUT2D eigenvalue weighted by Crippen LogP contribution is 2.22. The molecule has 2 aromatic rings. The summed E-state index contributed by atoms with van der Waals surface area (Å²) in [5, 5.41) is 2.78.